The zero-order chi connectivity index (χ0) is 14.7. The third-order valence-corrected chi connectivity index (χ3v) is 2.67. The Morgan fingerprint density at radius 3 is 2.65 bits per heavy atom. The smallest absolute Gasteiger partial charge is 0.374 e. The van der Waals surface area contributed by atoms with Gasteiger partial charge < -0.3 is 13.9 Å². The molecule has 0 aliphatic heterocycles. The lowest BCUT2D eigenvalue weighted by Gasteiger charge is -2.09. The Bertz CT molecular complexity index is 634. The maximum Gasteiger partial charge on any atom is 0.374 e. The van der Waals surface area contributed by atoms with Crippen molar-refractivity contribution in [3.05, 3.63) is 41.9 Å². The molecule has 0 aliphatic carbocycles. The number of carbonyl (C=O) groups excluding carboxylic acids is 1. The van der Waals surface area contributed by atoms with E-state index in [1.807, 2.05) is 0 Å². The summed E-state index contributed by atoms with van der Waals surface area (Å²) in [5, 5.41) is 0. The molecule has 0 amide bonds. The zero-order valence-corrected chi connectivity index (χ0v) is 10.9. The van der Waals surface area contributed by atoms with Gasteiger partial charge in [-0.05, 0) is 25.1 Å². The van der Waals surface area contributed by atoms with Crippen LogP contribution in [0.2, 0.25) is 0 Å². The number of hydrogen-bond acceptors (Lipinski definition) is 4. The minimum Gasteiger partial charge on any atom is -0.493 e. The molecule has 1 aromatic heterocycles. The van der Waals surface area contributed by atoms with Crippen LogP contribution < -0.4 is 4.74 Å². The van der Waals surface area contributed by atoms with E-state index in [4.69, 9.17) is 13.9 Å². The van der Waals surface area contributed by atoms with E-state index in [2.05, 4.69) is 0 Å². The highest BCUT2D eigenvalue weighted by Gasteiger charge is 2.23. The molecule has 1 heterocycles. The lowest BCUT2D eigenvalue weighted by molar-refractivity contribution is 0.0491. The second-order valence-electron chi connectivity index (χ2n) is 3.83. The van der Waals surface area contributed by atoms with Crippen LogP contribution >= 0.6 is 0 Å². The molecular weight excluding hydrogens is 270 g/mol. The Morgan fingerprint density at radius 1 is 1.25 bits per heavy atom. The molecule has 0 radical (unpaired) electrons. The standard InChI is InChI=1S/C14H12F2O4/c1-3-19-14(17)13-9(6-7-20-13)8-4-5-10(15)11(16)12(8)18-2/h4-7H,3H2,1-2H3. The van der Waals surface area contributed by atoms with E-state index in [0.717, 1.165) is 6.07 Å². The highest BCUT2D eigenvalue weighted by atomic mass is 19.2. The van der Waals surface area contributed by atoms with Gasteiger partial charge in [-0.25, -0.2) is 9.18 Å². The highest BCUT2D eigenvalue weighted by Crippen LogP contribution is 2.36. The third kappa shape index (κ3) is 2.36. The van der Waals surface area contributed by atoms with Crippen LogP contribution in [0.1, 0.15) is 17.5 Å². The number of carbonyl (C=O) groups is 1. The number of halogens is 2. The molecule has 0 atom stereocenters. The molecule has 0 N–H and O–H groups in total. The number of ether oxygens (including phenoxy) is 2. The SMILES string of the molecule is CCOC(=O)c1occc1-c1ccc(F)c(F)c1OC. The van der Waals surface area contributed by atoms with E-state index in [9.17, 15) is 13.6 Å². The van der Waals surface area contributed by atoms with Gasteiger partial charge in [0.05, 0.1) is 20.0 Å². The van der Waals surface area contributed by atoms with E-state index < -0.39 is 17.6 Å². The van der Waals surface area contributed by atoms with Crippen molar-refractivity contribution >= 4 is 5.97 Å². The Kier molecular flexibility index (Phi) is 4.02. The highest BCUT2D eigenvalue weighted by molar-refractivity contribution is 5.95. The van der Waals surface area contributed by atoms with Gasteiger partial charge in [0.1, 0.15) is 0 Å². The first-order valence-corrected chi connectivity index (χ1v) is 5.87. The van der Waals surface area contributed by atoms with Crippen molar-refractivity contribution in [1.82, 2.24) is 0 Å². The van der Waals surface area contributed by atoms with Gasteiger partial charge in [-0.3, -0.25) is 0 Å². The summed E-state index contributed by atoms with van der Waals surface area (Å²) in [5.41, 5.74) is 0.488. The largest absolute Gasteiger partial charge is 0.493 e. The van der Waals surface area contributed by atoms with Crippen LogP contribution in [0.5, 0.6) is 5.75 Å². The summed E-state index contributed by atoms with van der Waals surface area (Å²) in [5.74, 6) is -3.22. The lowest BCUT2D eigenvalue weighted by atomic mass is 10.0. The minimum atomic E-state index is -1.12. The van der Waals surface area contributed by atoms with Crippen LogP contribution in [0.3, 0.4) is 0 Å². The molecule has 106 valence electrons. The number of benzene rings is 1. The predicted octanol–water partition coefficient (Wildman–Crippen LogP) is 3.41. The fourth-order valence-corrected chi connectivity index (χ4v) is 1.82. The second-order valence-corrected chi connectivity index (χ2v) is 3.83. The predicted molar refractivity (Wildman–Crippen MR) is 66.6 cm³/mol. The van der Waals surface area contributed by atoms with Crippen LogP contribution in [0.15, 0.2) is 28.9 Å². The molecule has 1 aromatic carbocycles. The van der Waals surface area contributed by atoms with Crippen molar-refractivity contribution in [2.24, 2.45) is 0 Å². The molecule has 4 nitrogen and oxygen atoms in total. The lowest BCUT2D eigenvalue weighted by Crippen LogP contribution is -2.05. The maximum absolute atomic E-state index is 13.7. The van der Waals surface area contributed by atoms with Gasteiger partial charge in [0.25, 0.3) is 0 Å². The van der Waals surface area contributed by atoms with Gasteiger partial charge >= 0.3 is 5.97 Å². The quantitative estimate of drug-likeness (QED) is 0.806. The number of methoxy groups -OCH3 is 1. The van der Waals surface area contributed by atoms with E-state index in [1.165, 1.54) is 25.5 Å². The molecule has 20 heavy (non-hydrogen) atoms. The summed E-state index contributed by atoms with van der Waals surface area (Å²) in [4.78, 5) is 11.7. The molecule has 0 bridgehead atoms. The monoisotopic (exact) mass is 282 g/mol. The van der Waals surface area contributed by atoms with Crippen LogP contribution in [-0.4, -0.2) is 19.7 Å². The van der Waals surface area contributed by atoms with Crippen molar-refractivity contribution in [3.8, 4) is 16.9 Å². The van der Waals surface area contributed by atoms with E-state index in [1.54, 1.807) is 6.92 Å². The van der Waals surface area contributed by atoms with Crippen molar-refractivity contribution in [2.75, 3.05) is 13.7 Å². The molecule has 0 fully saturated rings. The molecule has 0 unspecified atom stereocenters. The molecular formula is C14H12F2O4. The van der Waals surface area contributed by atoms with Crippen LogP contribution in [-0.2, 0) is 4.74 Å². The molecule has 0 saturated heterocycles. The Labute approximate surface area is 113 Å². The second kappa shape index (κ2) is 5.73. The van der Waals surface area contributed by atoms with Crippen LogP contribution in [0, 0.1) is 11.6 Å². The van der Waals surface area contributed by atoms with E-state index in [-0.39, 0.29) is 29.2 Å². The third-order valence-electron chi connectivity index (χ3n) is 2.67. The Morgan fingerprint density at radius 2 is 2.00 bits per heavy atom. The molecule has 2 rings (SSSR count). The topological polar surface area (TPSA) is 48.7 Å². The van der Waals surface area contributed by atoms with Crippen molar-refractivity contribution in [1.29, 1.82) is 0 Å². The number of rotatable bonds is 4. The van der Waals surface area contributed by atoms with E-state index in [0.29, 0.717) is 0 Å². The van der Waals surface area contributed by atoms with Crippen molar-refractivity contribution in [3.63, 3.8) is 0 Å². The van der Waals surface area contributed by atoms with Gasteiger partial charge in [-0.15, -0.1) is 0 Å². The fraction of sp³-hybridized carbons (Fsp3) is 0.214. The Hall–Kier alpha value is -2.37. The normalized spacial score (nSPS) is 10.4. The molecule has 0 aliphatic rings. The van der Waals surface area contributed by atoms with Gasteiger partial charge in [0.15, 0.2) is 11.6 Å². The number of esters is 1. The van der Waals surface area contributed by atoms with Gasteiger partial charge in [0, 0.05) is 11.1 Å². The summed E-state index contributed by atoms with van der Waals surface area (Å²) in [6, 6.07) is 3.72. The van der Waals surface area contributed by atoms with Gasteiger partial charge in [0.2, 0.25) is 11.6 Å². The first kappa shape index (κ1) is 14.0. The average molecular weight is 282 g/mol. The summed E-state index contributed by atoms with van der Waals surface area (Å²) < 4.78 is 41.6. The fourth-order valence-electron chi connectivity index (χ4n) is 1.82. The van der Waals surface area contributed by atoms with Crippen molar-refractivity contribution in [2.45, 2.75) is 6.92 Å². The van der Waals surface area contributed by atoms with Gasteiger partial charge in [-0.2, -0.15) is 4.39 Å². The molecule has 0 spiro atoms. The number of hydrogen-bond donors (Lipinski definition) is 0. The summed E-state index contributed by atoms with van der Waals surface area (Å²) in [6.07, 6.45) is 1.27. The summed E-state index contributed by atoms with van der Waals surface area (Å²) >= 11 is 0. The first-order chi connectivity index (χ1) is 9.60. The zero-order valence-electron chi connectivity index (χ0n) is 10.9. The summed E-state index contributed by atoms with van der Waals surface area (Å²) in [6.45, 7) is 1.83. The average Bonchev–Trinajstić information content (AvgIpc) is 2.91. The molecule has 2 aromatic rings. The summed E-state index contributed by atoms with van der Waals surface area (Å²) in [7, 11) is 1.21. The van der Waals surface area contributed by atoms with Crippen LogP contribution in [0.4, 0.5) is 8.78 Å². The minimum absolute atomic E-state index is 0.0869. The van der Waals surface area contributed by atoms with Gasteiger partial charge in [-0.1, -0.05) is 0 Å². The Balaban J connectivity index is 2.56. The maximum atomic E-state index is 13.7. The first-order valence-electron chi connectivity index (χ1n) is 5.87. The van der Waals surface area contributed by atoms with Crippen LogP contribution in [0.25, 0.3) is 11.1 Å². The molecule has 6 heteroatoms. The van der Waals surface area contributed by atoms with E-state index >= 15 is 0 Å². The van der Waals surface area contributed by atoms with Crippen molar-refractivity contribution < 1.29 is 27.5 Å². The number of furan rings is 1. The molecule has 0 saturated carbocycles.